The van der Waals surface area contributed by atoms with Gasteiger partial charge in [-0.25, -0.2) is 0 Å². The van der Waals surface area contributed by atoms with E-state index in [-0.39, 0.29) is 11.9 Å². The number of hydrogen-bond donors (Lipinski definition) is 0. The van der Waals surface area contributed by atoms with Crippen LogP contribution in [0.1, 0.15) is 20.8 Å². The normalized spacial score (nSPS) is 12.1. The first-order chi connectivity index (χ1) is 6.61. The maximum Gasteiger partial charge on any atom is 0.308 e. The van der Waals surface area contributed by atoms with E-state index in [1.54, 1.807) is 6.08 Å². The van der Waals surface area contributed by atoms with Gasteiger partial charge in [0.15, 0.2) is 0 Å². The SMILES string of the molecule is C=C/C=C\C(=C/C)COC(=O)C(C)C. The highest BCUT2D eigenvalue weighted by atomic mass is 16.5. The first-order valence-electron chi connectivity index (χ1n) is 4.72. The van der Waals surface area contributed by atoms with E-state index >= 15 is 0 Å². The van der Waals surface area contributed by atoms with Crippen LogP contribution >= 0.6 is 0 Å². The van der Waals surface area contributed by atoms with Crippen LogP contribution in [0.2, 0.25) is 0 Å². The number of carbonyl (C=O) groups is 1. The molecule has 14 heavy (non-hydrogen) atoms. The van der Waals surface area contributed by atoms with Crippen LogP contribution in [-0.2, 0) is 9.53 Å². The van der Waals surface area contributed by atoms with Gasteiger partial charge in [-0.15, -0.1) is 0 Å². The van der Waals surface area contributed by atoms with E-state index < -0.39 is 0 Å². The van der Waals surface area contributed by atoms with Gasteiger partial charge in [-0.05, 0) is 12.5 Å². The molecule has 0 aromatic carbocycles. The van der Waals surface area contributed by atoms with Crippen LogP contribution in [0.3, 0.4) is 0 Å². The predicted molar refractivity (Wildman–Crippen MR) is 58.9 cm³/mol. The maximum atomic E-state index is 11.1. The van der Waals surface area contributed by atoms with Gasteiger partial charge in [-0.1, -0.05) is 44.7 Å². The van der Waals surface area contributed by atoms with Gasteiger partial charge in [0.25, 0.3) is 0 Å². The zero-order valence-electron chi connectivity index (χ0n) is 9.12. The first-order valence-corrected chi connectivity index (χ1v) is 4.72. The molecule has 0 radical (unpaired) electrons. The molecule has 0 aliphatic heterocycles. The molecule has 2 nitrogen and oxygen atoms in total. The lowest BCUT2D eigenvalue weighted by atomic mass is 10.2. The minimum Gasteiger partial charge on any atom is -0.461 e. The van der Waals surface area contributed by atoms with Gasteiger partial charge < -0.3 is 4.74 Å². The summed E-state index contributed by atoms with van der Waals surface area (Å²) >= 11 is 0. The van der Waals surface area contributed by atoms with Crippen molar-refractivity contribution in [1.82, 2.24) is 0 Å². The van der Waals surface area contributed by atoms with Crippen molar-refractivity contribution in [2.75, 3.05) is 6.61 Å². The molecule has 0 rings (SSSR count). The second kappa shape index (κ2) is 7.13. The molecule has 0 unspecified atom stereocenters. The third-order valence-corrected chi connectivity index (χ3v) is 1.67. The quantitative estimate of drug-likeness (QED) is 0.497. The average molecular weight is 194 g/mol. The topological polar surface area (TPSA) is 26.3 Å². The zero-order valence-corrected chi connectivity index (χ0v) is 9.12. The fourth-order valence-corrected chi connectivity index (χ4v) is 0.740. The van der Waals surface area contributed by atoms with Crippen molar-refractivity contribution in [3.05, 3.63) is 36.5 Å². The van der Waals surface area contributed by atoms with Crippen LogP contribution in [0.5, 0.6) is 0 Å². The van der Waals surface area contributed by atoms with E-state index in [4.69, 9.17) is 4.74 Å². The van der Waals surface area contributed by atoms with E-state index in [0.29, 0.717) is 6.61 Å². The van der Waals surface area contributed by atoms with Crippen LogP contribution < -0.4 is 0 Å². The molecule has 0 saturated heterocycles. The molecule has 0 bridgehead atoms. The van der Waals surface area contributed by atoms with Crippen LogP contribution in [-0.4, -0.2) is 12.6 Å². The van der Waals surface area contributed by atoms with Gasteiger partial charge in [0, 0.05) is 0 Å². The second-order valence-electron chi connectivity index (χ2n) is 3.22. The highest BCUT2D eigenvalue weighted by Crippen LogP contribution is 2.02. The van der Waals surface area contributed by atoms with Crippen molar-refractivity contribution < 1.29 is 9.53 Å². The lowest BCUT2D eigenvalue weighted by Crippen LogP contribution is -2.12. The Hall–Kier alpha value is -1.31. The minimum atomic E-state index is -0.170. The van der Waals surface area contributed by atoms with Crippen molar-refractivity contribution in [1.29, 1.82) is 0 Å². The van der Waals surface area contributed by atoms with E-state index in [2.05, 4.69) is 6.58 Å². The molecule has 0 aromatic heterocycles. The number of hydrogen-bond acceptors (Lipinski definition) is 2. The van der Waals surface area contributed by atoms with E-state index in [0.717, 1.165) is 5.57 Å². The smallest absolute Gasteiger partial charge is 0.308 e. The summed E-state index contributed by atoms with van der Waals surface area (Å²) in [6.45, 7) is 9.44. The highest BCUT2D eigenvalue weighted by molar-refractivity contribution is 5.71. The summed E-state index contributed by atoms with van der Waals surface area (Å²) in [4.78, 5) is 11.1. The molecule has 0 spiro atoms. The Morgan fingerprint density at radius 2 is 2.14 bits per heavy atom. The number of esters is 1. The third kappa shape index (κ3) is 5.36. The second-order valence-corrected chi connectivity index (χ2v) is 3.22. The summed E-state index contributed by atoms with van der Waals surface area (Å²) in [5, 5.41) is 0. The Kier molecular flexibility index (Phi) is 6.46. The largest absolute Gasteiger partial charge is 0.461 e. The molecule has 0 aromatic rings. The van der Waals surface area contributed by atoms with E-state index in [9.17, 15) is 4.79 Å². The fourth-order valence-electron chi connectivity index (χ4n) is 0.740. The summed E-state index contributed by atoms with van der Waals surface area (Å²) in [7, 11) is 0. The van der Waals surface area contributed by atoms with E-state index in [1.807, 2.05) is 39.0 Å². The number of carbonyl (C=O) groups excluding carboxylic acids is 1. The third-order valence-electron chi connectivity index (χ3n) is 1.67. The van der Waals surface area contributed by atoms with Gasteiger partial charge in [0.05, 0.1) is 5.92 Å². The molecule has 78 valence electrons. The predicted octanol–water partition coefficient (Wildman–Crippen LogP) is 2.87. The van der Waals surface area contributed by atoms with Crippen molar-refractivity contribution in [2.24, 2.45) is 5.92 Å². The van der Waals surface area contributed by atoms with Crippen molar-refractivity contribution in [3.63, 3.8) is 0 Å². The molecular formula is C12H18O2. The van der Waals surface area contributed by atoms with Gasteiger partial charge >= 0.3 is 5.97 Å². The molecule has 0 fully saturated rings. The Morgan fingerprint density at radius 1 is 1.50 bits per heavy atom. The fraction of sp³-hybridized carbons (Fsp3) is 0.417. The van der Waals surface area contributed by atoms with Crippen molar-refractivity contribution in [2.45, 2.75) is 20.8 Å². The summed E-state index contributed by atoms with van der Waals surface area (Å²) in [6, 6.07) is 0. The summed E-state index contributed by atoms with van der Waals surface area (Å²) in [5.41, 5.74) is 0.971. The van der Waals surface area contributed by atoms with Gasteiger partial charge in [-0.3, -0.25) is 4.79 Å². The highest BCUT2D eigenvalue weighted by Gasteiger charge is 2.07. The Labute approximate surface area is 86.0 Å². The number of rotatable bonds is 5. The van der Waals surface area contributed by atoms with Crippen LogP contribution in [0.25, 0.3) is 0 Å². The lowest BCUT2D eigenvalue weighted by Gasteiger charge is -2.07. The zero-order chi connectivity index (χ0) is 11.0. The maximum absolute atomic E-state index is 11.1. The molecule has 0 amide bonds. The molecule has 0 aliphatic rings. The molecule has 0 saturated carbocycles. The average Bonchev–Trinajstić information content (AvgIpc) is 2.17. The summed E-state index contributed by atoms with van der Waals surface area (Å²) in [6.07, 6.45) is 7.29. The van der Waals surface area contributed by atoms with Crippen molar-refractivity contribution in [3.8, 4) is 0 Å². The summed E-state index contributed by atoms with van der Waals surface area (Å²) < 4.78 is 5.06. The standard InChI is InChI=1S/C12H18O2/c1-5-7-8-11(6-2)9-14-12(13)10(3)4/h5-8,10H,1,9H2,2-4H3/b8-7-,11-6+. The van der Waals surface area contributed by atoms with Crippen molar-refractivity contribution >= 4 is 5.97 Å². The molecular weight excluding hydrogens is 176 g/mol. The molecule has 2 heteroatoms. The van der Waals surface area contributed by atoms with Crippen LogP contribution in [0.15, 0.2) is 36.5 Å². The van der Waals surface area contributed by atoms with Crippen LogP contribution in [0.4, 0.5) is 0 Å². The van der Waals surface area contributed by atoms with Crippen LogP contribution in [0, 0.1) is 5.92 Å². The molecule has 0 heterocycles. The van der Waals surface area contributed by atoms with Gasteiger partial charge in [0.2, 0.25) is 0 Å². The Morgan fingerprint density at radius 3 is 2.57 bits per heavy atom. The summed E-state index contributed by atoms with van der Waals surface area (Å²) in [5.74, 6) is -0.243. The number of ether oxygens (including phenoxy) is 1. The molecule has 0 N–H and O–H groups in total. The number of allylic oxidation sites excluding steroid dienone is 3. The Bertz CT molecular complexity index is 247. The molecule has 0 aliphatic carbocycles. The van der Waals surface area contributed by atoms with Gasteiger partial charge in [0.1, 0.15) is 6.61 Å². The monoisotopic (exact) mass is 194 g/mol. The molecule has 0 atom stereocenters. The first kappa shape index (κ1) is 12.7. The van der Waals surface area contributed by atoms with E-state index in [1.165, 1.54) is 0 Å². The van der Waals surface area contributed by atoms with Gasteiger partial charge in [-0.2, -0.15) is 0 Å². The lowest BCUT2D eigenvalue weighted by molar-refractivity contribution is -0.146. The minimum absolute atomic E-state index is 0.0727. The Balaban J connectivity index is 4.04.